The van der Waals surface area contributed by atoms with Gasteiger partial charge in [0.05, 0.1) is 20.6 Å². The molecule has 1 heterocycles. The number of halogens is 1. The predicted molar refractivity (Wildman–Crippen MR) is 73.3 cm³/mol. The van der Waals surface area contributed by atoms with E-state index in [0.29, 0.717) is 5.75 Å². The normalized spacial score (nSPS) is 16.8. The Morgan fingerprint density at radius 3 is 2.67 bits per heavy atom. The van der Waals surface area contributed by atoms with Gasteiger partial charge in [0.25, 0.3) is 0 Å². The average molecular weight is 315 g/mol. The van der Waals surface area contributed by atoms with Crippen molar-refractivity contribution in [3.63, 3.8) is 0 Å². The Balaban J connectivity index is 0.00000162. The van der Waals surface area contributed by atoms with Crippen molar-refractivity contribution < 1.29 is 22.1 Å². The standard InChI is InChI=1S/C14H22N2O.BrH/c1-4-6-10-9-12(15)11-7-5-8-16(2,3)13(11)14(10)17;/h9H,4-8,15H2,1-3H3;1H. The van der Waals surface area contributed by atoms with Gasteiger partial charge in [0.1, 0.15) is 0 Å². The van der Waals surface area contributed by atoms with E-state index in [1.807, 2.05) is 6.07 Å². The second-order valence-corrected chi connectivity index (χ2v) is 5.56. The van der Waals surface area contributed by atoms with E-state index in [9.17, 15) is 5.11 Å². The van der Waals surface area contributed by atoms with Crippen LogP contribution in [-0.4, -0.2) is 25.7 Å². The first-order chi connectivity index (χ1) is 7.97. The number of benzene rings is 1. The molecule has 0 atom stereocenters. The highest BCUT2D eigenvalue weighted by atomic mass is 79.9. The minimum Gasteiger partial charge on any atom is -1.00 e. The molecule has 0 unspecified atom stereocenters. The third kappa shape index (κ3) is 2.50. The van der Waals surface area contributed by atoms with Gasteiger partial charge in [-0.3, -0.25) is 4.48 Å². The molecule has 3 nitrogen and oxygen atoms in total. The number of nitrogens with two attached hydrogens (primary N) is 1. The van der Waals surface area contributed by atoms with Crippen LogP contribution in [0, 0.1) is 0 Å². The lowest BCUT2D eigenvalue weighted by atomic mass is 9.94. The van der Waals surface area contributed by atoms with Crippen molar-refractivity contribution in [2.24, 2.45) is 0 Å². The number of phenolic OH excluding ortho intramolecular Hbond substituents is 1. The van der Waals surface area contributed by atoms with Crippen LogP contribution < -0.4 is 27.2 Å². The molecule has 4 heteroatoms. The van der Waals surface area contributed by atoms with Crippen LogP contribution in [0.25, 0.3) is 0 Å². The fraction of sp³-hybridized carbons (Fsp3) is 0.571. The number of phenols is 1. The SMILES string of the molecule is CCCc1cc(N)c2c(c1O)[N+](C)(C)CCC2.[Br-]. The van der Waals surface area contributed by atoms with Crippen molar-refractivity contribution in [2.75, 3.05) is 26.4 Å². The number of hydrogen-bond donors (Lipinski definition) is 2. The summed E-state index contributed by atoms with van der Waals surface area (Å²) < 4.78 is 0.739. The van der Waals surface area contributed by atoms with E-state index in [1.54, 1.807) is 0 Å². The first kappa shape index (κ1) is 15.3. The molecule has 0 fully saturated rings. The van der Waals surface area contributed by atoms with Crippen molar-refractivity contribution in [1.82, 2.24) is 4.48 Å². The van der Waals surface area contributed by atoms with E-state index in [4.69, 9.17) is 5.73 Å². The molecule has 102 valence electrons. The number of aryl methyl sites for hydroxylation is 1. The maximum Gasteiger partial charge on any atom is 0.180 e. The lowest BCUT2D eigenvalue weighted by Crippen LogP contribution is -3.00. The topological polar surface area (TPSA) is 46.2 Å². The van der Waals surface area contributed by atoms with E-state index in [2.05, 4.69) is 21.0 Å². The molecule has 1 aromatic rings. The Morgan fingerprint density at radius 2 is 2.06 bits per heavy atom. The van der Waals surface area contributed by atoms with E-state index in [1.165, 1.54) is 0 Å². The van der Waals surface area contributed by atoms with Crippen LogP contribution in [0.15, 0.2) is 6.07 Å². The second kappa shape index (κ2) is 5.49. The molecule has 1 aromatic carbocycles. The molecule has 0 saturated heterocycles. The minimum atomic E-state index is 0. The number of nitrogen functional groups attached to an aromatic ring is 1. The number of aromatic hydroxyl groups is 1. The van der Waals surface area contributed by atoms with Gasteiger partial charge in [-0.15, -0.1) is 0 Å². The van der Waals surface area contributed by atoms with Crippen LogP contribution >= 0.6 is 0 Å². The zero-order valence-corrected chi connectivity index (χ0v) is 13.0. The van der Waals surface area contributed by atoms with Gasteiger partial charge < -0.3 is 27.8 Å². The van der Waals surface area contributed by atoms with Gasteiger partial charge in [-0.2, -0.15) is 0 Å². The molecule has 0 spiro atoms. The van der Waals surface area contributed by atoms with Gasteiger partial charge in [-0.25, -0.2) is 0 Å². The van der Waals surface area contributed by atoms with E-state index < -0.39 is 0 Å². The number of rotatable bonds is 2. The van der Waals surface area contributed by atoms with E-state index >= 15 is 0 Å². The van der Waals surface area contributed by atoms with Crippen LogP contribution in [0.3, 0.4) is 0 Å². The van der Waals surface area contributed by atoms with Crippen LogP contribution in [-0.2, 0) is 12.8 Å². The zero-order chi connectivity index (χ0) is 12.6. The molecular formula is C14H23BrN2O. The van der Waals surface area contributed by atoms with Gasteiger partial charge in [0, 0.05) is 23.2 Å². The summed E-state index contributed by atoms with van der Waals surface area (Å²) in [4.78, 5) is 0. The van der Waals surface area contributed by atoms with Crippen molar-refractivity contribution in [1.29, 1.82) is 0 Å². The van der Waals surface area contributed by atoms with Crippen LogP contribution in [0.2, 0.25) is 0 Å². The molecule has 18 heavy (non-hydrogen) atoms. The fourth-order valence-electron chi connectivity index (χ4n) is 2.91. The lowest BCUT2D eigenvalue weighted by molar-refractivity contribution is -0.00000485. The van der Waals surface area contributed by atoms with Crippen molar-refractivity contribution in [2.45, 2.75) is 32.6 Å². The molecular weight excluding hydrogens is 292 g/mol. The first-order valence-corrected chi connectivity index (χ1v) is 6.44. The highest BCUT2D eigenvalue weighted by Gasteiger charge is 2.33. The quantitative estimate of drug-likeness (QED) is 0.437. The van der Waals surface area contributed by atoms with E-state index in [-0.39, 0.29) is 17.0 Å². The molecule has 0 aliphatic carbocycles. The number of nitrogens with zero attached hydrogens (tertiary/aromatic N) is 1. The van der Waals surface area contributed by atoms with Gasteiger partial charge in [0.15, 0.2) is 11.4 Å². The first-order valence-electron chi connectivity index (χ1n) is 6.44. The molecule has 2 rings (SSSR count). The average Bonchev–Trinajstić information content (AvgIpc) is 2.24. The third-order valence-electron chi connectivity index (χ3n) is 3.76. The number of quaternary nitrogens is 1. The summed E-state index contributed by atoms with van der Waals surface area (Å²) in [5, 5.41) is 10.5. The molecule has 0 saturated carbocycles. The van der Waals surface area contributed by atoms with Gasteiger partial charge in [-0.1, -0.05) is 13.3 Å². The van der Waals surface area contributed by atoms with Crippen LogP contribution in [0.4, 0.5) is 11.4 Å². The Labute approximate surface area is 120 Å². The smallest absolute Gasteiger partial charge is 0.180 e. The fourth-order valence-corrected chi connectivity index (χ4v) is 2.91. The van der Waals surface area contributed by atoms with Crippen molar-refractivity contribution >= 4 is 11.4 Å². The van der Waals surface area contributed by atoms with Crippen LogP contribution in [0.1, 0.15) is 30.9 Å². The number of anilines is 1. The van der Waals surface area contributed by atoms with E-state index in [0.717, 1.165) is 59.2 Å². The molecule has 0 radical (unpaired) electrons. The monoisotopic (exact) mass is 314 g/mol. The molecule has 0 amide bonds. The minimum absolute atomic E-state index is 0. The highest BCUT2D eigenvalue weighted by molar-refractivity contribution is 5.73. The Morgan fingerprint density at radius 1 is 1.39 bits per heavy atom. The van der Waals surface area contributed by atoms with Gasteiger partial charge >= 0.3 is 0 Å². The molecule has 3 N–H and O–H groups in total. The van der Waals surface area contributed by atoms with Crippen molar-refractivity contribution in [3.8, 4) is 5.75 Å². The maximum atomic E-state index is 10.5. The summed E-state index contributed by atoms with van der Waals surface area (Å²) in [6.45, 7) is 3.19. The second-order valence-electron chi connectivity index (χ2n) is 5.56. The maximum absolute atomic E-state index is 10.5. The lowest BCUT2D eigenvalue weighted by Gasteiger charge is -2.36. The van der Waals surface area contributed by atoms with Crippen molar-refractivity contribution in [3.05, 3.63) is 17.2 Å². The predicted octanol–water partition coefficient (Wildman–Crippen LogP) is -0.556. The Hall–Kier alpha value is -0.740. The molecule has 0 bridgehead atoms. The summed E-state index contributed by atoms with van der Waals surface area (Å²) in [5.41, 5.74) is 10.2. The van der Waals surface area contributed by atoms with Crippen LogP contribution in [0.5, 0.6) is 5.75 Å². The molecule has 1 aliphatic rings. The molecule has 0 aromatic heterocycles. The van der Waals surface area contributed by atoms with Gasteiger partial charge in [0.2, 0.25) is 0 Å². The van der Waals surface area contributed by atoms with Gasteiger partial charge in [-0.05, 0) is 18.9 Å². The molecule has 1 aliphatic heterocycles. The highest BCUT2D eigenvalue weighted by Crippen LogP contribution is 2.44. The summed E-state index contributed by atoms with van der Waals surface area (Å²) in [6, 6.07) is 1.96. The summed E-state index contributed by atoms with van der Waals surface area (Å²) in [5.74, 6) is 0.473. The zero-order valence-electron chi connectivity index (χ0n) is 11.5. The largest absolute Gasteiger partial charge is 1.00 e. The Kier molecular flexibility index (Phi) is 4.67. The summed E-state index contributed by atoms with van der Waals surface area (Å²) in [6.07, 6.45) is 4.04. The Bertz CT molecular complexity index is 444. The third-order valence-corrected chi connectivity index (χ3v) is 3.76. The summed E-state index contributed by atoms with van der Waals surface area (Å²) in [7, 11) is 4.29. The summed E-state index contributed by atoms with van der Waals surface area (Å²) >= 11 is 0. The number of hydrogen-bond acceptors (Lipinski definition) is 2. The number of fused-ring (bicyclic) bond motifs is 1.